The Kier molecular flexibility index (Phi) is 5.54. The first-order valence-electron chi connectivity index (χ1n) is 8.80. The van der Waals surface area contributed by atoms with Crippen molar-refractivity contribution in [1.82, 2.24) is 0 Å². The maximum Gasteiger partial charge on any atom is 0.360 e. The Labute approximate surface area is 143 Å². The molecule has 0 aliphatic heterocycles. The van der Waals surface area contributed by atoms with E-state index in [2.05, 4.69) is 67.5 Å². The largest absolute Gasteiger partial charge is 0.393 e. The van der Waals surface area contributed by atoms with Crippen LogP contribution >= 0.6 is 0 Å². The van der Waals surface area contributed by atoms with E-state index in [9.17, 15) is 0 Å². The van der Waals surface area contributed by atoms with E-state index in [-0.39, 0.29) is 0 Å². The molecule has 128 valence electrons. The minimum Gasteiger partial charge on any atom is -0.393 e. The molecule has 0 aromatic heterocycles. The maximum atomic E-state index is 6.53. The molecule has 0 fully saturated rings. The van der Waals surface area contributed by atoms with Crippen LogP contribution in [0.4, 0.5) is 0 Å². The van der Waals surface area contributed by atoms with Crippen molar-refractivity contribution in [3.8, 4) is 0 Å². The minimum atomic E-state index is -2.49. The lowest BCUT2D eigenvalue weighted by Crippen LogP contribution is -2.50. The molecule has 2 aliphatic carbocycles. The second-order valence-electron chi connectivity index (χ2n) is 6.86. The zero-order chi connectivity index (χ0) is 17.4. The molecule has 2 aliphatic rings. The quantitative estimate of drug-likeness (QED) is 0.569. The van der Waals surface area contributed by atoms with Gasteiger partial charge in [-0.1, -0.05) is 34.4 Å². The second kappa shape index (κ2) is 6.92. The van der Waals surface area contributed by atoms with E-state index in [1.165, 1.54) is 33.4 Å². The Morgan fingerprint density at radius 2 is 1.09 bits per heavy atom. The van der Waals surface area contributed by atoms with Crippen LogP contribution in [0.1, 0.15) is 55.4 Å². The number of rotatable bonds is 6. The summed E-state index contributed by atoms with van der Waals surface area (Å²) < 4.78 is 13.1. The third-order valence-electron chi connectivity index (χ3n) is 5.74. The summed E-state index contributed by atoms with van der Waals surface area (Å²) in [7, 11) is -2.49. The third-order valence-corrected chi connectivity index (χ3v) is 10.2. The summed E-state index contributed by atoms with van der Waals surface area (Å²) in [6.07, 6.45) is 4.79. The van der Waals surface area contributed by atoms with Crippen molar-refractivity contribution in [1.29, 1.82) is 0 Å². The average molecular weight is 333 g/mol. The van der Waals surface area contributed by atoms with Gasteiger partial charge in [-0.15, -0.1) is 0 Å². The Hall–Kier alpha value is -0.903. The summed E-state index contributed by atoms with van der Waals surface area (Å²) in [5.41, 5.74) is 9.03. The highest BCUT2D eigenvalue weighted by molar-refractivity contribution is 6.73. The van der Waals surface area contributed by atoms with Gasteiger partial charge in [0.25, 0.3) is 0 Å². The van der Waals surface area contributed by atoms with Crippen LogP contribution in [-0.4, -0.2) is 21.8 Å². The van der Waals surface area contributed by atoms with Crippen molar-refractivity contribution in [3.63, 3.8) is 0 Å². The van der Waals surface area contributed by atoms with Gasteiger partial charge in [0.2, 0.25) is 0 Å². The first-order valence-corrected chi connectivity index (χ1v) is 10.8. The van der Waals surface area contributed by atoms with Crippen LogP contribution in [0.15, 0.2) is 45.6 Å². The van der Waals surface area contributed by atoms with Crippen LogP contribution < -0.4 is 0 Å². The normalized spacial score (nSPS) is 25.4. The molecule has 0 spiro atoms. The molecule has 2 atom stereocenters. The lowest BCUT2D eigenvalue weighted by Gasteiger charge is -2.40. The van der Waals surface area contributed by atoms with Crippen molar-refractivity contribution in [3.05, 3.63) is 45.6 Å². The molecule has 0 saturated heterocycles. The zero-order valence-corrected chi connectivity index (χ0v) is 17.0. The van der Waals surface area contributed by atoms with Gasteiger partial charge in [0.1, 0.15) is 0 Å². The minimum absolute atomic E-state index is 0.303. The van der Waals surface area contributed by atoms with Crippen molar-refractivity contribution < 1.29 is 8.85 Å². The first kappa shape index (κ1) is 18.4. The van der Waals surface area contributed by atoms with Crippen LogP contribution in [0.3, 0.4) is 0 Å². The fourth-order valence-electron chi connectivity index (χ4n) is 3.97. The molecule has 0 heterocycles. The highest BCUT2D eigenvalue weighted by atomic mass is 28.4. The van der Waals surface area contributed by atoms with Gasteiger partial charge in [0, 0.05) is 24.3 Å². The van der Waals surface area contributed by atoms with Crippen LogP contribution in [0.25, 0.3) is 0 Å². The number of allylic oxidation sites excluding steroid dienone is 8. The van der Waals surface area contributed by atoms with E-state index in [0.717, 1.165) is 0 Å². The van der Waals surface area contributed by atoms with E-state index in [1.807, 2.05) is 0 Å². The summed E-state index contributed by atoms with van der Waals surface area (Å²) in [5, 5.41) is 0. The molecule has 2 rings (SSSR count). The highest BCUT2D eigenvalue weighted by Crippen LogP contribution is 2.52. The Morgan fingerprint density at radius 1 is 0.739 bits per heavy atom. The van der Waals surface area contributed by atoms with Gasteiger partial charge in [-0.05, 0) is 66.5 Å². The zero-order valence-electron chi connectivity index (χ0n) is 16.0. The van der Waals surface area contributed by atoms with Gasteiger partial charge in [-0.2, -0.15) is 0 Å². The average Bonchev–Trinajstić information content (AvgIpc) is 2.92. The molecule has 0 aromatic rings. The molecule has 3 heteroatoms. The number of hydrogen-bond acceptors (Lipinski definition) is 2. The number of hydrogen-bond donors (Lipinski definition) is 0. The van der Waals surface area contributed by atoms with Crippen LogP contribution in [0.2, 0.25) is 11.1 Å². The summed E-state index contributed by atoms with van der Waals surface area (Å²) in [5.74, 6) is 0. The Balaban J connectivity index is 2.59. The highest BCUT2D eigenvalue weighted by Gasteiger charge is 2.54. The summed E-state index contributed by atoms with van der Waals surface area (Å²) in [6, 6.07) is 0. The smallest absolute Gasteiger partial charge is 0.360 e. The van der Waals surface area contributed by atoms with Gasteiger partial charge in [0.15, 0.2) is 0 Å². The van der Waals surface area contributed by atoms with Crippen molar-refractivity contribution in [2.45, 2.75) is 66.5 Å². The Morgan fingerprint density at radius 3 is 1.30 bits per heavy atom. The fraction of sp³-hybridized carbons (Fsp3) is 0.600. The van der Waals surface area contributed by atoms with Gasteiger partial charge >= 0.3 is 8.56 Å². The van der Waals surface area contributed by atoms with Gasteiger partial charge in [-0.3, -0.25) is 0 Å². The third kappa shape index (κ3) is 2.95. The Bertz CT molecular complexity index is 553. The standard InChI is InChI=1S/C20H32O2Si/c1-9-21-23(22-10-2,19-11-13(3)15(5)17(19)7)20-12-14(4)16(6)18(20)8/h11-12,19-20H,9-10H2,1-8H3. The van der Waals surface area contributed by atoms with Gasteiger partial charge in [0.05, 0.1) is 0 Å². The SMILES string of the molecule is CCO[Si](OCC)(C1C=C(C)C(C)=C1C)C1C=C(C)C(C)=C1C. The molecule has 0 aromatic carbocycles. The first-order chi connectivity index (χ1) is 10.8. The molecule has 23 heavy (non-hydrogen) atoms. The van der Waals surface area contributed by atoms with E-state index in [0.29, 0.717) is 24.3 Å². The van der Waals surface area contributed by atoms with E-state index in [4.69, 9.17) is 8.85 Å². The van der Waals surface area contributed by atoms with Crippen LogP contribution in [0.5, 0.6) is 0 Å². The van der Waals surface area contributed by atoms with E-state index < -0.39 is 8.56 Å². The molecule has 0 saturated carbocycles. The van der Waals surface area contributed by atoms with Crippen LogP contribution in [-0.2, 0) is 8.85 Å². The van der Waals surface area contributed by atoms with Crippen LogP contribution in [0, 0.1) is 0 Å². The van der Waals surface area contributed by atoms with E-state index >= 15 is 0 Å². The fourth-order valence-corrected chi connectivity index (χ4v) is 8.67. The van der Waals surface area contributed by atoms with Crippen molar-refractivity contribution in [2.24, 2.45) is 0 Å². The maximum absolute atomic E-state index is 6.53. The topological polar surface area (TPSA) is 18.5 Å². The molecule has 0 amide bonds. The van der Waals surface area contributed by atoms with Crippen molar-refractivity contribution >= 4 is 8.56 Å². The molecule has 0 radical (unpaired) electrons. The molecule has 2 nitrogen and oxygen atoms in total. The van der Waals surface area contributed by atoms with Gasteiger partial charge in [-0.25, -0.2) is 0 Å². The monoisotopic (exact) mass is 332 g/mol. The predicted molar refractivity (Wildman–Crippen MR) is 101 cm³/mol. The molecular formula is C20H32O2Si. The lowest BCUT2D eigenvalue weighted by atomic mass is 10.1. The van der Waals surface area contributed by atoms with Gasteiger partial charge < -0.3 is 8.85 Å². The molecule has 0 N–H and O–H groups in total. The van der Waals surface area contributed by atoms with Crippen molar-refractivity contribution in [2.75, 3.05) is 13.2 Å². The lowest BCUT2D eigenvalue weighted by molar-refractivity contribution is 0.176. The predicted octanol–water partition coefficient (Wildman–Crippen LogP) is 5.83. The summed E-state index contributed by atoms with van der Waals surface area (Å²) in [4.78, 5) is 0. The molecular weight excluding hydrogens is 300 g/mol. The molecule has 2 unspecified atom stereocenters. The van der Waals surface area contributed by atoms with E-state index in [1.54, 1.807) is 0 Å². The summed E-state index contributed by atoms with van der Waals surface area (Å²) in [6.45, 7) is 19.0. The second-order valence-corrected chi connectivity index (χ2v) is 10.1. The summed E-state index contributed by atoms with van der Waals surface area (Å²) >= 11 is 0. The molecule has 0 bridgehead atoms.